The average Bonchev–Trinajstić information content (AvgIpc) is 2.56. The van der Waals surface area contributed by atoms with Crippen LogP contribution in [0.5, 0.6) is 0 Å². The predicted octanol–water partition coefficient (Wildman–Crippen LogP) is 1.98. The summed E-state index contributed by atoms with van der Waals surface area (Å²) in [6.07, 6.45) is 2.36. The molecule has 1 rings (SSSR count). The SMILES string of the molecule is C=CCN(C)CC(=O)Cc1cccs1. The van der Waals surface area contributed by atoms with Crippen molar-refractivity contribution in [3.8, 4) is 0 Å². The zero-order valence-corrected chi connectivity index (χ0v) is 9.22. The second-order valence-electron chi connectivity index (χ2n) is 3.28. The maximum absolute atomic E-state index is 11.5. The van der Waals surface area contributed by atoms with Gasteiger partial charge in [0, 0.05) is 17.8 Å². The van der Waals surface area contributed by atoms with Crippen LogP contribution in [0, 0.1) is 0 Å². The molecule has 0 aromatic carbocycles. The van der Waals surface area contributed by atoms with Gasteiger partial charge in [-0.15, -0.1) is 17.9 Å². The van der Waals surface area contributed by atoms with E-state index < -0.39 is 0 Å². The molecule has 3 heteroatoms. The van der Waals surface area contributed by atoms with Crippen LogP contribution in [0.2, 0.25) is 0 Å². The van der Waals surface area contributed by atoms with E-state index in [1.54, 1.807) is 17.4 Å². The Bertz CT molecular complexity index is 292. The molecule has 1 aromatic rings. The Labute approximate surface area is 88.9 Å². The minimum absolute atomic E-state index is 0.261. The van der Waals surface area contributed by atoms with Crippen LogP contribution in [0.3, 0.4) is 0 Å². The summed E-state index contributed by atoms with van der Waals surface area (Å²) in [5.74, 6) is 0.261. The molecule has 0 spiro atoms. The van der Waals surface area contributed by atoms with Crippen molar-refractivity contribution in [3.05, 3.63) is 35.0 Å². The number of thiophene rings is 1. The average molecular weight is 209 g/mol. The zero-order valence-electron chi connectivity index (χ0n) is 8.40. The number of carbonyl (C=O) groups excluding carboxylic acids is 1. The Balaban J connectivity index is 2.32. The Hall–Kier alpha value is -0.930. The highest BCUT2D eigenvalue weighted by molar-refractivity contribution is 7.10. The molecule has 14 heavy (non-hydrogen) atoms. The lowest BCUT2D eigenvalue weighted by molar-refractivity contribution is -0.119. The Morgan fingerprint density at radius 2 is 2.50 bits per heavy atom. The van der Waals surface area contributed by atoms with Crippen molar-refractivity contribution < 1.29 is 4.79 Å². The van der Waals surface area contributed by atoms with Gasteiger partial charge in [-0.1, -0.05) is 12.1 Å². The normalized spacial score (nSPS) is 10.4. The second kappa shape index (κ2) is 5.73. The van der Waals surface area contributed by atoms with Crippen LogP contribution >= 0.6 is 11.3 Å². The predicted molar refractivity (Wildman–Crippen MR) is 60.7 cm³/mol. The van der Waals surface area contributed by atoms with Crippen LogP contribution in [0.4, 0.5) is 0 Å². The fourth-order valence-electron chi connectivity index (χ4n) is 1.25. The van der Waals surface area contributed by atoms with Crippen LogP contribution in [0.25, 0.3) is 0 Å². The van der Waals surface area contributed by atoms with Crippen molar-refractivity contribution in [1.29, 1.82) is 0 Å². The van der Waals surface area contributed by atoms with Gasteiger partial charge in [-0.25, -0.2) is 0 Å². The van der Waals surface area contributed by atoms with Crippen LogP contribution in [0.15, 0.2) is 30.2 Å². The van der Waals surface area contributed by atoms with Crippen molar-refractivity contribution in [2.45, 2.75) is 6.42 Å². The van der Waals surface area contributed by atoms with E-state index in [1.807, 2.05) is 29.5 Å². The highest BCUT2D eigenvalue weighted by Crippen LogP contribution is 2.09. The molecule has 0 bridgehead atoms. The highest BCUT2D eigenvalue weighted by atomic mass is 32.1. The van der Waals surface area contributed by atoms with Gasteiger partial charge in [0.05, 0.1) is 6.54 Å². The molecular weight excluding hydrogens is 194 g/mol. The minimum atomic E-state index is 0.261. The molecule has 0 atom stereocenters. The van der Waals surface area contributed by atoms with Crippen LogP contribution in [-0.2, 0) is 11.2 Å². The van der Waals surface area contributed by atoms with E-state index in [4.69, 9.17) is 0 Å². The molecule has 0 aliphatic rings. The number of hydrogen-bond acceptors (Lipinski definition) is 3. The fraction of sp³-hybridized carbons (Fsp3) is 0.364. The first-order valence-corrected chi connectivity index (χ1v) is 5.44. The summed E-state index contributed by atoms with van der Waals surface area (Å²) < 4.78 is 0. The third-order valence-electron chi connectivity index (χ3n) is 1.84. The van der Waals surface area contributed by atoms with Crippen molar-refractivity contribution in [3.63, 3.8) is 0 Å². The maximum atomic E-state index is 11.5. The number of likely N-dealkylation sites (N-methyl/N-ethyl adjacent to an activating group) is 1. The number of carbonyl (C=O) groups is 1. The smallest absolute Gasteiger partial charge is 0.152 e. The van der Waals surface area contributed by atoms with E-state index in [2.05, 4.69) is 6.58 Å². The van der Waals surface area contributed by atoms with Gasteiger partial charge in [-0.05, 0) is 18.5 Å². The standard InChI is InChI=1S/C11H15NOS/c1-3-6-12(2)9-10(13)8-11-5-4-7-14-11/h3-5,7H,1,6,8-9H2,2H3. The Kier molecular flexibility index (Phi) is 4.56. The van der Waals surface area contributed by atoms with Crippen LogP contribution < -0.4 is 0 Å². The molecule has 0 saturated carbocycles. The summed E-state index contributed by atoms with van der Waals surface area (Å²) in [6.45, 7) is 4.90. The van der Waals surface area contributed by atoms with Crippen molar-refractivity contribution in [2.24, 2.45) is 0 Å². The second-order valence-corrected chi connectivity index (χ2v) is 4.31. The molecule has 0 saturated heterocycles. The quantitative estimate of drug-likeness (QED) is 0.668. The summed E-state index contributed by atoms with van der Waals surface area (Å²) in [5, 5.41) is 2.00. The van der Waals surface area contributed by atoms with E-state index in [-0.39, 0.29) is 5.78 Å². The maximum Gasteiger partial charge on any atom is 0.152 e. The molecule has 0 N–H and O–H groups in total. The van der Waals surface area contributed by atoms with Gasteiger partial charge < -0.3 is 0 Å². The molecular formula is C11H15NOS. The number of ketones is 1. The molecule has 1 aromatic heterocycles. The summed E-state index contributed by atoms with van der Waals surface area (Å²) >= 11 is 1.63. The van der Waals surface area contributed by atoms with E-state index in [0.29, 0.717) is 13.0 Å². The number of nitrogens with zero attached hydrogens (tertiary/aromatic N) is 1. The van der Waals surface area contributed by atoms with Gasteiger partial charge in [0.1, 0.15) is 0 Å². The monoisotopic (exact) mass is 209 g/mol. The lowest BCUT2D eigenvalue weighted by atomic mass is 10.2. The van der Waals surface area contributed by atoms with Gasteiger partial charge >= 0.3 is 0 Å². The molecule has 0 amide bonds. The third kappa shape index (κ3) is 3.85. The summed E-state index contributed by atoms with van der Waals surface area (Å²) in [4.78, 5) is 14.6. The van der Waals surface area contributed by atoms with Gasteiger partial charge in [-0.2, -0.15) is 0 Å². The molecule has 2 nitrogen and oxygen atoms in total. The molecule has 0 aliphatic carbocycles. The fourth-order valence-corrected chi connectivity index (χ4v) is 1.98. The van der Waals surface area contributed by atoms with E-state index in [9.17, 15) is 4.79 Å². The summed E-state index contributed by atoms with van der Waals surface area (Å²) in [7, 11) is 1.92. The zero-order chi connectivity index (χ0) is 10.4. The van der Waals surface area contributed by atoms with Crippen molar-refractivity contribution >= 4 is 17.1 Å². The first-order chi connectivity index (χ1) is 6.72. The summed E-state index contributed by atoms with van der Waals surface area (Å²) in [5.41, 5.74) is 0. The first kappa shape index (κ1) is 11.1. The molecule has 0 radical (unpaired) electrons. The summed E-state index contributed by atoms with van der Waals surface area (Å²) in [6, 6.07) is 3.97. The molecule has 0 aliphatic heterocycles. The van der Waals surface area contributed by atoms with Gasteiger partial charge in [0.25, 0.3) is 0 Å². The van der Waals surface area contributed by atoms with Gasteiger partial charge in [-0.3, -0.25) is 9.69 Å². The molecule has 76 valence electrons. The van der Waals surface area contributed by atoms with Crippen molar-refractivity contribution in [1.82, 2.24) is 4.90 Å². The van der Waals surface area contributed by atoms with Gasteiger partial charge in [0.2, 0.25) is 0 Å². The number of hydrogen-bond donors (Lipinski definition) is 0. The molecule has 1 heterocycles. The molecule has 0 unspecified atom stereocenters. The van der Waals surface area contributed by atoms with Crippen molar-refractivity contribution in [2.75, 3.05) is 20.1 Å². The third-order valence-corrected chi connectivity index (χ3v) is 2.71. The topological polar surface area (TPSA) is 20.3 Å². The molecule has 0 fully saturated rings. The van der Waals surface area contributed by atoms with E-state index in [1.165, 1.54) is 0 Å². The lowest BCUT2D eigenvalue weighted by Crippen LogP contribution is -2.26. The minimum Gasteiger partial charge on any atom is -0.298 e. The van der Waals surface area contributed by atoms with Crippen LogP contribution in [-0.4, -0.2) is 30.8 Å². The van der Waals surface area contributed by atoms with Gasteiger partial charge in [0.15, 0.2) is 5.78 Å². The Morgan fingerprint density at radius 1 is 1.71 bits per heavy atom. The lowest BCUT2D eigenvalue weighted by Gasteiger charge is -2.12. The Morgan fingerprint density at radius 3 is 3.07 bits per heavy atom. The first-order valence-electron chi connectivity index (χ1n) is 4.56. The van der Waals surface area contributed by atoms with E-state index >= 15 is 0 Å². The number of rotatable bonds is 6. The van der Waals surface area contributed by atoms with E-state index in [0.717, 1.165) is 11.4 Å². The number of Topliss-reactive ketones (excluding diaryl/α,β-unsaturated/α-hetero) is 1. The van der Waals surface area contributed by atoms with Crippen LogP contribution in [0.1, 0.15) is 4.88 Å². The highest BCUT2D eigenvalue weighted by Gasteiger charge is 2.06. The largest absolute Gasteiger partial charge is 0.298 e.